The van der Waals surface area contributed by atoms with Gasteiger partial charge in [-0.25, -0.2) is 4.39 Å². The molecule has 0 amide bonds. The third-order valence-electron chi connectivity index (χ3n) is 3.22. The van der Waals surface area contributed by atoms with E-state index in [1.165, 1.54) is 11.6 Å². The van der Waals surface area contributed by atoms with E-state index in [9.17, 15) is 4.39 Å². The van der Waals surface area contributed by atoms with Gasteiger partial charge in [0.2, 0.25) is 0 Å². The quantitative estimate of drug-likeness (QED) is 0.835. The molecule has 2 aromatic carbocycles. The molecule has 0 heterocycles. The number of rotatable bonds is 4. The van der Waals surface area contributed by atoms with Crippen LogP contribution in [0.1, 0.15) is 37.1 Å². The molecule has 0 radical (unpaired) electrons. The average molecular weight is 322 g/mol. The maximum Gasteiger partial charge on any atom is 0.123 e. The molecular formula is C16H17BrFN. The van der Waals surface area contributed by atoms with Crippen LogP contribution in [0.2, 0.25) is 0 Å². The molecule has 0 aliphatic heterocycles. The lowest BCUT2D eigenvalue weighted by atomic mass is 10.0. The highest BCUT2D eigenvalue weighted by molar-refractivity contribution is 9.10. The van der Waals surface area contributed by atoms with Gasteiger partial charge >= 0.3 is 0 Å². The minimum absolute atomic E-state index is 0.106. The van der Waals surface area contributed by atoms with E-state index in [1.54, 1.807) is 12.1 Å². The first-order valence-electron chi connectivity index (χ1n) is 6.33. The Kier molecular flexibility index (Phi) is 4.72. The van der Waals surface area contributed by atoms with Crippen LogP contribution in [0.4, 0.5) is 4.39 Å². The summed E-state index contributed by atoms with van der Waals surface area (Å²) in [5.41, 5.74) is 2.18. The van der Waals surface area contributed by atoms with Gasteiger partial charge < -0.3 is 5.32 Å². The van der Waals surface area contributed by atoms with Crippen LogP contribution in [0.15, 0.2) is 53.0 Å². The van der Waals surface area contributed by atoms with Crippen LogP contribution in [-0.4, -0.2) is 0 Å². The molecule has 0 spiro atoms. The second kappa shape index (κ2) is 6.31. The van der Waals surface area contributed by atoms with Gasteiger partial charge in [-0.15, -0.1) is 0 Å². The first-order chi connectivity index (χ1) is 9.06. The third kappa shape index (κ3) is 3.88. The van der Waals surface area contributed by atoms with Crippen LogP contribution < -0.4 is 5.32 Å². The molecule has 0 saturated carbocycles. The van der Waals surface area contributed by atoms with E-state index >= 15 is 0 Å². The fourth-order valence-electron chi connectivity index (χ4n) is 2.09. The first-order valence-corrected chi connectivity index (χ1v) is 7.12. The topological polar surface area (TPSA) is 12.0 Å². The van der Waals surface area contributed by atoms with Crippen LogP contribution in [-0.2, 0) is 0 Å². The normalized spacial score (nSPS) is 14.1. The Labute approximate surface area is 122 Å². The summed E-state index contributed by atoms with van der Waals surface area (Å²) in [6.45, 7) is 4.16. The van der Waals surface area contributed by atoms with Gasteiger partial charge in [0.15, 0.2) is 0 Å². The minimum Gasteiger partial charge on any atom is -0.304 e. The van der Waals surface area contributed by atoms with Crippen molar-refractivity contribution in [2.75, 3.05) is 0 Å². The lowest BCUT2D eigenvalue weighted by Gasteiger charge is -2.21. The number of halogens is 2. The molecule has 1 unspecified atom stereocenters. The van der Waals surface area contributed by atoms with Crippen LogP contribution in [0.5, 0.6) is 0 Å². The molecule has 100 valence electrons. The molecule has 2 atom stereocenters. The highest BCUT2D eigenvalue weighted by Crippen LogP contribution is 2.21. The highest BCUT2D eigenvalue weighted by atomic mass is 79.9. The van der Waals surface area contributed by atoms with Gasteiger partial charge in [0.05, 0.1) is 0 Å². The lowest BCUT2D eigenvalue weighted by molar-refractivity contribution is 0.492. The second-order valence-corrected chi connectivity index (χ2v) is 5.63. The Morgan fingerprint density at radius 2 is 1.58 bits per heavy atom. The molecule has 2 aromatic rings. The fourth-order valence-corrected chi connectivity index (χ4v) is 2.36. The lowest BCUT2D eigenvalue weighted by Crippen LogP contribution is -2.22. The van der Waals surface area contributed by atoms with Gasteiger partial charge in [0.25, 0.3) is 0 Å². The summed E-state index contributed by atoms with van der Waals surface area (Å²) in [5, 5.41) is 3.48. The van der Waals surface area contributed by atoms with Crippen LogP contribution in [0, 0.1) is 5.82 Å². The summed E-state index contributed by atoms with van der Waals surface area (Å²) in [5.74, 6) is -0.192. The molecule has 1 N–H and O–H groups in total. The van der Waals surface area contributed by atoms with Crippen LogP contribution >= 0.6 is 15.9 Å². The molecule has 3 heteroatoms. The first kappa shape index (κ1) is 14.2. The number of nitrogens with one attached hydrogen (secondary N) is 1. The van der Waals surface area contributed by atoms with Gasteiger partial charge in [-0.3, -0.25) is 0 Å². The maximum absolute atomic E-state index is 13.2. The van der Waals surface area contributed by atoms with Crippen molar-refractivity contribution in [3.63, 3.8) is 0 Å². The van der Waals surface area contributed by atoms with Crippen molar-refractivity contribution in [2.24, 2.45) is 0 Å². The van der Waals surface area contributed by atoms with E-state index < -0.39 is 0 Å². The predicted octanol–water partition coefficient (Wildman–Crippen LogP) is 5.00. The Hall–Kier alpha value is -1.19. The van der Waals surface area contributed by atoms with Crippen molar-refractivity contribution < 1.29 is 4.39 Å². The number of hydrogen-bond acceptors (Lipinski definition) is 1. The largest absolute Gasteiger partial charge is 0.304 e. The Balaban J connectivity index is 2.06. The van der Waals surface area contributed by atoms with Crippen molar-refractivity contribution in [2.45, 2.75) is 25.9 Å². The molecule has 0 fully saturated rings. The smallest absolute Gasteiger partial charge is 0.123 e. The van der Waals surface area contributed by atoms with Crippen molar-refractivity contribution in [3.8, 4) is 0 Å². The van der Waals surface area contributed by atoms with Gasteiger partial charge in [0, 0.05) is 16.6 Å². The monoisotopic (exact) mass is 321 g/mol. The van der Waals surface area contributed by atoms with E-state index in [0.29, 0.717) is 0 Å². The molecule has 1 nitrogen and oxygen atoms in total. The zero-order valence-electron chi connectivity index (χ0n) is 11.0. The molecule has 0 saturated heterocycles. The summed E-state index contributed by atoms with van der Waals surface area (Å²) in [7, 11) is 0. The van der Waals surface area contributed by atoms with Crippen molar-refractivity contribution in [3.05, 3.63) is 69.9 Å². The van der Waals surface area contributed by atoms with Crippen molar-refractivity contribution in [1.82, 2.24) is 5.32 Å². The van der Waals surface area contributed by atoms with Gasteiger partial charge in [-0.1, -0.05) is 40.2 Å². The molecule has 2 rings (SSSR count). The summed E-state index contributed by atoms with van der Waals surface area (Å²) in [4.78, 5) is 0. The molecule has 0 aliphatic carbocycles. The van der Waals surface area contributed by atoms with Crippen molar-refractivity contribution >= 4 is 15.9 Å². The van der Waals surface area contributed by atoms with E-state index in [4.69, 9.17) is 0 Å². The Bertz CT molecular complexity index is 539. The standard InChI is InChI=1S/C16H17BrFN/c1-11(13-6-8-15(17)9-7-13)19-12(2)14-4-3-5-16(18)10-14/h3-12,19H,1-2H3/t11?,12-/m0/s1. The summed E-state index contributed by atoms with van der Waals surface area (Å²) in [6.07, 6.45) is 0. The van der Waals surface area contributed by atoms with Gasteiger partial charge in [-0.2, -0.15) is 0 Å². The van der Waals surface area contributed by atoms with Gasteiger partial charge in [-0.05, 0) is 49.2 Å². The number of hydrogen-bond donors (Lipinski definition) is 1. The van der Waals surface area contributed by atoms with Crippen LogP contribution in [0.3, 0.4) is 0 Å². The van der Waals surface area contributed by atoms with Crippen LogP contribution in [0.25, 0.3) is 0 Å². The molecule has 0 aromatic heterocycles. The fraction of sp³-hybridized carbons (Fsp3) is 0.250. The predicted molar refractivity (Wildman–Crippen MR) is 80.5 cm³/mol. The Morgan fingerprint density at radius 3 is 2.21 bits per heavy atom. The molecule has 0 bridgehead atoms. The van der Waals surface area contributed by atoms with E-state index in [2.05, 4.69) is 40.3 Å². The number of benzene rings is 2. The minimum atomic E-state index is -0.192. The van der Waals surface area contributed by atoms with E-state index in [-0.39, 0.29) is 17.9 Å². The summed E-state index contributed by atoms with van der Waals surface area (Å²) < 4.78 is 14.3. The average Bonchev–Trinajstić information content (AvgIpc) is 2.39. The zero-order chi connectivity index (χ0) is 13.8. The summed E-state index contributed by atoms with van der Waals surface area (Å²) in [6, 6.07) is 15.3. The molecule has 0 aliphatic rings. The zero-order valence-corrected chi connectivity index (χ0v) is 12.6. The maximum atomic E-state index is 13.2. The summed E-state index contributed by atoms with van der Waals surface area (Å²) >= 11 is 3.43. The van der Waals surface area contributed by atoms with E-state index in [0.717, 1.165) is 10.0 Å². The van der Waals surface area contributed by atoms with Gasteiger partial charge in [0.1, 0.15) is 5.82 Å². The Morgan fingerprint density at radius 1 is 0.947 bits per heavy atom. The molecular weight excluding hydrogens is 305 g/mol. The third-order valence-corrected chi connectivity index (χ3v) is 3.75. The SMILES string of the molecule is CC(N[C@@H](C)c1cccc(F)c1)c1ccc(Br)cc1. The molecule has 19 heavy (non-hydrogen) atoms. The second-order valence-electron chi connectivity index (χ2n) is 4.72. The van der Waals surface area contributed by atoms with E-state index in [1.807, 2.05) is 25.1 Å². The highest BCUT2D eigenvalue weighted by Gasteiger charge is 2.11. The van der Waals surface area contributed by atoms with Crippen molar-refractivity contribution in [1.29, 1.82) is 0 Å².